The van der Waals surface area contributed by atoms with Crippen molar-refractivity contribution in [2.24, 2.45) is 0 Å². The maximum atomic E-state index is 11.4. The molecular formula is C15H22N2O3. The number of benzene rings is 1. The lowest BCUT2D eigenvalue weighted by Crippen LogP contribution is -2.39. The first-order chi connectivity index (χ1) is 9.65. The highest BCUT2D eigenvalue weighted by atomic mass is 16.5. The molecule has 0 bridgehead atoms. The number of aliphatic hydroxyl groups excluding tert-OH is 1. The summed E-state index contributed by atoms with van der Waals surface area (Å²) in [5.74, 6) is 0.762. The van der Waals surface area contributed by atoms with Gasteiger partial charge in [-0.2, -0.15) is 0 Å². The summed E-state index contributed by atoms with van der Waals surface area (Å²) < 4.78 is 5.54. The van der Waals surface area contributed by atoms with Crippen LogP contribution in [0.5, 0.6) is 5.75 Å². The van der Waals surface area contributed by atoms with Gasteiger partial charge in [-0.3, -0.25) is 4.79 Å². The number of aryl methyl sites for hydroxylation is 1. The Morgan fingerprint density at radius 2 is 2.20 bits per heavy atom. The monoisotopic (exact) mass is 278 g/mol. The maximum Gasteiger partial charge on any atom is 0.234 e. The van der Waals surface area contributed by atoms with Gasteiger partial charge in [-0.1, -0.05) is 18.2 Å². The minimum Gasteiger partial charge on any atom is -0.491 e. The van der Waals surface area contributed by atoms with Crippen LogP contribution in [0.1, 0.15) is 18.4 Å². The first-order valence-electron chi connectivity index (χ1n) is 7.01. The summed E-state index contributed by atoms with van der Waals surface area (Å²) >= 11 is 0. The van der Waals surface area contributed by atoms with E-state index in [-0.39, 0.29) is 19.1 Å². The molecule has 3 N–H and O–H groups in total. The summed E-state index contributed by atoms with van der Waals surface area (Å²) in [5.41, 5.74) is 1.04. The van der Waals surface area contributed by atoms with Crippen molar-refractivity contribution in [3.8, 4) is 5.75 Å². The predicted octanol–water partition coefficient (Wildman–Crippen LogP) is 0.603. The van der Waals surface area contributed by atoms with Crippen molar-refractivity contribution in [1.82, 2.24) is 10.6 Å². The van der Waals surface area contributed by atoms with Gasteiger partial charge in [0.05, 0.1) is 6.54 Å². The van der Waals surface area contributed by atoms with Crippen LogP contribution in [0.2, 0.25) is 0 Å². The van der Waals surface area contributed by atoms with E-state index in [2.05, 4.69) is 10.6 Å². The van der Waals surface area contributed by atoms with Gasteiger partial charge < -0.3 is 20.5 Å². The molecule has 0 aromatic heterocycles. The van der Waals surface area contributed by atoms with Gasteiger partial charge in [0.25, 0.3) is 0 Å². The van der Waals surface area contributed by atoms with Gasteiger partial charge in [-0.25, -0.2) is 0 Å². The van der Waals surface area contributed by atoms with E-state index >= 15 is 0 Å². The van der Waals surface area contributed by atoms with Gasteiger partial charge in [0.15, 0.2) is 0 Å². The van der Waals surface area contributed by atoms with Gasteiger partial charge >= 0.3 is 0 Å². The smallest absolute Gasteiger partial charge is 0.234 e. The lowest BCUT2D eigenvalue weighted by atomic mass is 10.2. The molecule has 0 radical (unpaired) electrons. The lowest BCUT2D eigenvalue weighted by Gasteiger charge is -2.14. The number of aliphatic hydroxyl groups is 1. The molecule has 1 aliphatic carbocycles. The lowest BCUT2D eigenvalue weighted by molar-refractivity contribution is -0.120. The molecule has 1 amide bonds. The predicted molar refractivity (Wildman–Crippen MR) is 76.7 cm³/mol. The third-order valence-corrected chi connectivity index (χ3v) is 3.13. The first-order valence-corrected chi connectivity index (χ1v) is 7.01. The Morgan fingerprint density at radius 3 is 2.90 bits per heavy atom. The second-order valence-electron chi connectivity index (χ2n) is 5.20. The number of rotatable bonds is 8. The number of amides is 1. The summed E-state index contributed by atoms with van der Waals surface area (Å²) in [5, 5.41) is 15.6. The Hall–Kier alpha value is -1.59. The van der Waals surface area contributed by atoms with Crippen LogP contribution in [-0.2, 0) is 4.79 Å². The van der Waals surface area contributed by atoms with Gasteiger partial charge in [-0.15, -0.1) is 0 Å². The standard InChI is InChI=1S/C15H22N2O3/c1-11-4-2-3-5-14(11)20-10-13(18)8-16-9-15(19)17-12-6-7-12/h2-5,12-13,16,18H,6-10H2,1H3,(H,17,19). The third-order valence-electron chi connectivity index (χ3n) is 3.13. The first kappa shape index (κ1) is 14.8. The van der Waals surface area contributed by atoms with Crippen molar-refractivity contribution in [2.45, 2.75) is 31.9 Å². The average molecular weight is 278 g/mol. The van der Waals surface area contributed by atoms with Crippen LogP contribution in [0.4, 0.5) is 0 Å². The zero-order valence-corrected chi connectivity index (χ0v) is 11.8. The summed E-state index contributed by atoms with van der Waals surface area (Å²) in [6.45, 7) is 2.74. The minimum atomic E-state index is -0.636. The van der Waals surface area contributed by atoms with E-state index in [1.165, 1.54) is 0 Å². The van der Waals surface area contributed by atoms with E-state index in [4.69, 9.17) is 4.74 Å². The fraction of sp³-hybridized carbons (Fsp3) is 0.533. The molecule has 110 valence electrons. The van der Waals surface area contributed by atoms with E-state index in [0.717, 1.165) is 24.2 Å². The average Bonchev–Trinajstić information content (AvgIpc) is 3.21. The summed E-state index contributed by atoms with van der Waals surface area (Å²) in [6, 6.07) is 8.05. The minimum absolute atomic E-state index is 0.0143. The van der Waals surface area contributed by atoms with E-state index in [0.29, 0.717) is 12.6 Å². The van der Waals surface area contributed by atoms with E-state index in [1.807, 2.05) is 31.2 Å². The SMILES string of the molecule is Cc1ccccc1OCC(O)CNCC(=O)NC1CC1. The molecule has 1 atom stereocenters. The maximum absolute atomic E-state index is 11.4. The van der Waals surface area contributed by atoms with Crippen LogP contribution in [-0.4, -0.2) is 42.9 Å². The fourth-order valence-electron chi connectivity index (χ4n) is 1.82. The molecule has 5 heteroatoms. The largest absolute Gasteiger partial charge is 0.491 e. The molecule has 20 heavy (non-hydrogen) atoms. The number of hydrogen-bond donors (Lipinski definition) is 3. The van der Waals surface area contributed by atoms with Crippen molar-refractivity contribution >= 4 is 5.91 Å². The third kappa shape index (κ3) is 5.19. The molecule has 0 aliphatic heterocycles. The second-order valence-corrected chi connectivity index (χ2v) is 5.20. The van der Waals surface area contributed by atoms with Gasteiger partial charge in [-0.05, 0) is 31.4 Å². The van der Waals surface area contributed by atoms with Gasteiger partial charge in [0.2, 0.25) is 5.91 Å². The Kier molecular flexibility index (Phi) is 5.38. The molecule has 1 fully saturated rings. The van der Waals surface area contributed by atoms with Crippen molar-refractivity contribution in [1.29, 1.82) is 0 Å². The molecule has 5 nitrogen and oxygen atoms in total. The molecule has 1 aliphatic rings. The highest BCUT2D eigenvalue weighted by Crippen LogP contribution is 2.18. The van der Waals surface area contributed by atoms with E-state index < -0.39 is 6.10 Å². The summed E-state index contributed by atoms with van der Waals surface area (Å²) in [7, 11) is 0. The highest BCUT2D eigenvalue weighted by Gasteiger charge is 2.22. The summed E-state index contributed by atoms with van der Waals surface area (Å²) in [4.78, 5) is 11.4. The Morgan fingerprint density at radius 1 is 1.45 bits per heavy atom. The van der Waals surface area contributed by atoms with Gasteiger partial charge in [0, 0.05) is 12.6 Å². The highest BCUT2D eigenvalue weighted by molar-refractivity contribution is 5.78. The summed E-state index contributed by atoms with van der Waals surface area (Å²) in [6.07, 6.45) is 1.53. The Balaban J connectivity index is 1.59. The number of para-hydroxylation sites is 1. The van der Waals surface area contributed by atoms with Crippen LogP contribution < -0.4 is 15.4 Å². The molecule has 1 aromatic rings. The van der Waals surface area contributed by atoms with Crippen LogP contribution in [0.15, 0.2) is 24.3 Å². The van der Waals surface area contributed by atoms with Crippen LogP contribution in [0.3, 0.4) is 0 Å². The molecule has 0 saturated heterocycles. The zero-order valence-electron chi connectivity index (χ0n) is 11.8. The second kappa shape index (κ2) is 7.26. The number of carbonyl (C=O) groups excluding carboxylic acids is 1. The molecular weight excluding hydrogens is 256 g/mol. The van der Waals surface area contributed by atoms with Gasteiger partial charge in [0.1, 0.15) is 18.5 Å². The molecule has 1 aromatic carbocycles. The van der Waals surface area contributed by atoms with E-state index in [9.17, 15) is 9.90 Å². The fourth-order valence-corrected chi connectivity index (χ4v) is 1.82. The Bertz CT molecular complexity index is 446. The van der Waals surface area contributed by atoms with Crippen LogP contribution >= 0.6 is 0 Å². The van der Waals surface area contributed by atoms with Crippen molar-refractivity contribution in [3.63, 3.8) is 0 Å². The molecule has 1 unspecified atom stereocenters. The van der Waals surface area contributed by atoms with Crippen molar-refractivity contribution < 1.29 is 14.6 Å². The van der Waals surface area contributed by atoms with Crippen molar-refractivity contribution in [2.75, 3.05) is 19.7 Å². The number of ether oxygens (including phenoxy) is 1. The molecule has 2 rings (SSSR count). The molecule has 0 heterocycles. The topological polar surface area (TPSA) is 70.6 Å². The number of carbonyl (C=O) groups is 1. The quantitative estimate of drug-likeness (QED) is 0.651. The molecule has 1 saturated carbocycles. The normalized spacial score (nSPS) is 15.7. The number of hydrogen-bond acceptors (Lipinski definition) is 4. The van der Waals surface area contributed by atoms with E-state index in [1.54, 1.807) is 0 Å². The van der Waals surface area contributed by atoms with Crippen LogP contribution in [0.25, 0.3) is 0 Å². The molecule has 0 spiro atoms. The number of nitrogens with one attached hydrogen (secondary N) is 2. The zero-order chi connectivity index (χ0) is 14.4. The van der Waals surface area contributed by atoms with Crippen molar-refractivity contribution in [3.05, 3.63) is 29.8 Å². The Labute approximate surface area is 119 Å². The van der Waals surface area contributed by atoms with Crippen LogP contribution in [0, 0.1) is 6.92 Å².